The minimum Gasteiger partial charge on any atom is -0.389 e. The standard InChI is InChI=1S/C18H22N2S/c1-12-8-7-9-13(17(19)21)16(12)20-15-11-6-5-10-14(15)18(2,3)4/h5-11,20H,1-4H3,(H2,19,21). The van der Waals surface area contributed by atoms with Crippen molar-refractivity contribution in [1.29, 1.82) is 0 Å². The van der Waals surface area contributed by atoms with Gasteiger partial charge in [0.25, 0.3) is 0 Å². The third kappa shape index (κ3) is 3.42. The number of aryl methyl sites for hydroxylation is 1. The zero-order valence-corrected chi connectivity index (χ0v) is 13.8. The Morgan fingerprint density at radius 2 is 1.71 bits per heavy atom. The smallest absolute Gasteiger partial charge is 0.106 e. The van der Waals surface area contributed by atoms with Gasteiger partial charge in [-0.2, -0.15) is 0 Å². The summed E-state index contributed by atoms with van der Waals surface area (Å²) in [5.74, 6) is 0. The molecule has 110 valence electrons. The van der Waals surface area contributed by atoms with Crippen LogP contribution in [0.3, 0.4) is 0 Å². The van der Waals surface area contributed by atoms with Crippen molar-refractivity contribution >= 4 is 28.6 Å². The number of nitrogens with one attached hydrogen (secondary N) is 1. The van der Waals surface area contributed by atoms with Gasteiger partial charge in [-0.3, -0.25) is 0 Å². The molecule has 0 saturated heterocycles. The van der Waals surface area contributed by atoms with Gasteiger partial charge in [-0.05, 0) is 35.6 Å². The van der Waals surface area contributed by atoms with Gasteiger partial charge >= 0.3 is 0 Å². The molecule has 0 aliphatic heterocycles. The molecule has 0 fully saturated rings. The SMILES string of the molecule is Cc1cccc(C(N)=S)c1Nc1ccccc1C(C)(C)C. The van der Waals surface area contributed by atoms with Crippen molar-refractivity contribution in [1.82, 2.24) is 0 Å². The highest BCUT2D eigenvalue weighted by atomic mass is 32.1. The second kappa shape index (κ2) is 5.86. The highest BCUT2D eigenvalue weighted by Crippen LogP contribution is 2.33. The maximum absolute atomic E-state index is 5.85. The molecule has 0 amide bonds. The Kier molecular flexibility index (Phi) is 4.33. The first kappa shape index (κ1) is 15.5. The third-order valence-electron chi connectivity index (χ3n) is 3.53. The molecule has 0 aliphatic carbocycles. The quantitative estimate of drug-likeness (QED) is 0.809. The topological polar surface area (TPSA) is 38.0 Å². The third-order valence-corrected chi connectivity index (χ3v) is 3.75. The van der Waals surface area contributed by atoms with Crippen LogP contribution in [0.4, 0.5) is 11.4 Å². The predicted molar refractivity (Wildman–Crippen MR) is 95.5 cm³/mol. The van der Waals surface area contributed by atoms with Crippen LogP contribution in [-0.4, -0.2) is 4.99 Å². The monoisotopic (exact) mass is 298 g/mol. The maximum Gasteiger partial charge on any atom is 0.106 e. The number of para-hydroxylation sites is 2. The lowest BCUT2D eigenvalue weighted by Crippen LogP contribution is -2.16. The summed E-state index contributed by atoms with van der Waals surface area (Å²) < 4.78 is 0. The number of nitrogens with two attached hydrogens (primary N) is 1. The molecule has 0 aromatic heterocycles. The molecule has 2 aromatic rings. The molecule has 0 heterocycles. The molecule has 2 aromatic carbocycles. The summed E-state index contributed by atoms with van der Waals surface area (Å²) in [5.41, 5.74) is 11.3. The minimum atomic E-state index is 0.0651. The Labute approximate surface area is 132 Å². The van der Waals surface area contributed by atoms with Crippen LogP contribution in [0.2, 0.25) is 0 Å². The van der Waals surface area contributed by atoms with Crippen LogP contribution in [-0.2, 0) is 5.41 Å². The number of hydrogen-bond acceptors (Lipinski definition) is 2. The fraction of sp³-hybridized carbons (Fsp3) is 0.278. The van der Waals surface area contributed by atoms with E-state index in [1.165, 1.54) is 5.56 Å². The minimum absolute atomic E-state index is 0.0651. The number of thiocarbonyl (C=S) groups is 1. The van der Waals surface area contributed by atoms with E-state index in [4.69, 9.17) is 18.0 Å². The summed E-state index contributed by atoms with van der Waals surface area (Å²) in [6, 6.07) is 14.3. The fourth-order valence-corrected chi connectivity index (χ4v) is 2.59. The van der Waals surface area contributed by atoms with Crippen LogP contribution < -0.4 is 11.1 Å². The van der Waals surface area contributed by atoms with Crippen LogP contribution >= 0.6 is 12.2 Å². The number of rotatable bonds is 3. The average Bonchev–Trinajstić information content (AvgIpc) is 2.40. The van der Waals surface area contributed by atoms with Gasteiger partial charge in [-0.1, -0.05) is 63.3 Å². The summed E-state index contributed by atoms with van der Waals surface area (Å²) in [7, 11) is 0. The summed E-state index contributed by atoms with van der Waals surface area (Å²) in [5, 5.41) is 3.53. The van der Waals surface area contributed by atoms with Crippen molar-refractivity contribution in [2.45, 2.75) is 33.1 Å². The van der Waals surface area contributed by atoms with E-state index in [0.29, 0.717) is 4.99 Å². The first-order valence-corrected chi connectivity index (χ1v) is 7.47. The highest BCUT2D eigenvalue weighted by Gasteiger charge is 2.18. The Hall–Kier alpha value is -1.87. The van der Waals surface area contributed by atoms with Crippen LogP contribution in [0.1, 0.15) is 37.5 Å². The molecule has 0 saturated carbocycles. The van der Waals surface area contributed by atoms with Gasteiger partial charge in [0.05, 0.1) is 5.69 Å². The van der Waals surface area contributed by atoms with E-state index in [1.54, 1.807) is 0 Å². The van der Waals surface area contributed by atoms with E-state index in [1.807, 2.05) is 18.2 Å². The van der Waals surface area contributed by atoms with Gasteiger partial charge in [0.15, 0.2) is 0 Å². The van der Waals surface area contributed by atoms with Crippen LogP contribution in [0.5, 0.6) is 0 Å². The lowest BCUT2D eigenvalue weighted by Gasteiger charge is -2.24. The van der Waals surface area contributed by atoms with E-state index >= 15 is 0 Å². The second-order valence-corrected chi connectivity index (χ2v) is 6.72. The molecule has 0 atom stereocenters. The molecular weight excluding hydrogens is 276 g/mol. The molecule has 2 rings (SSSR count). The average molecular weight is 298 g/mol. The molecule has 0 bridgehead atoms. The van der Waals surface area contributed by atoms with E-state index in [0.717, 1.165) is 22.5 Å². The first-order chi connectivity index (χ1) is 9.80. The normalized spacial score (nSPS) is 11.2. The lowest BCUT2D eigenvalue weighted by atomic mass is 9.85. The molecule has 0 aliphatic rings. The Morgan fingerprint density at radius 1 is 1.05 bits per heavy atom. The van der Waals surface area contributed by atoms with Gasteiger partial charge < -0.3 is 11.1 Å². The van der Waals surface area contributed by atoms with Crippen LogP contribution in [0.25, 0.3) is 0 Å². The van der Waals surface area contributed by atoms with Gasteiger partial charge in [0, 0.05) is 11.3 Å². The van der Waals surface area contributed by atoms with E-state index in [9.17, 15) is 0 Å². The van der Waals surface area contributed by atoms with E-state index < -0.39 is 0 Å². The van der Waals surface area contributed by atoms with E-state index in [-0.39, 0.29) is 5.41 Å². The molecule has 0 unspecified atom stereocenters. The first-order valence-electron chi connectivity index (χ1n) is 7.06. The fourth-order valence-electron chi connectivity index (χ4n) is 2.42. The van der Waals surface area contributed by atoms with Crippen LogP contribution in [0, 0.1) is 6.92 Å². The summed E-state index contributed by atoms with van der Waals surface area (Å²) in [6.45, 7) is 8.68. The van der Waals surface area contributed by atoms with E-state index in [2.05, 4.69) is 57.3 Å². The molecule has 21 heavy (non-hydrogen) atoms. The highest BCUT2D eigenvalue weighted by molar-refractivity contribution is 7.80. The van der Waals surface area contributed by atoms with Crippen molar-refractivity contribution in [3.63, 3.8) is 0 Å². The summed E-state index contributed by atoms with van der Waals surface area (Å²) in [4.78, 5) is 0.412. The lowest BCUT2D eigenvalue weighted by molar-refractivity contribution is 0.592. The molecule has 2 nitrogen and oxygen atoms in total. The Bertz CT molecular complexity index is 669. The molecular formula is C18H22N2S. The van der Waals surface area contributed by atoms with Gasteiger partial charge in [0.2, 0.25) is 0 Å². The van der Waals surface area contributed by atoms with Gasteiger partial charge in [-0.25, -0.2) is 0 Å². The van der Waals surface area contributed by atoms with Crippen LogP contribution in [0.15, 0.2) is 42.5 Å². The Balaban J connectivity index is 2.52. The van der Waals surface area contributed by atoms with Crippen molar-refractivity contribution in [3.8, 4) is 0 Å². The number of anilines is 2. The summed E-state index contributed by atoms with van der Waals surface area (Å²) >= 11 is 5.17. The molecule has 0 radical (unpaired) electrons. The van der Waals surface area contributed by atoms with Gasteiger partial charge in [0.1, 0.15) is 4.99 Å². The number of benzene rings is 2. The second-order valence-electron chi connectivity index (χ2n) is 6.28. The molecule has 3 heteroatoms. The summed E-state index contributed by atoms with van der Waals surface area (Å²) in [6.07, 6.45) is 0. The van der Waals surface area contributed by atoms with Crippen molar-refractivity contribution in [2.24, 2.45) is 5.73 Å². The van der Waals surface area contributed by atoms with Crippen molar-refractivity contribution in [2.75, 3.05) is 5.32 Å². The largest absolute Gasteiger partial charge is 0.389 e. The zero-order valence-electron chi connectivity index (χ0n) is 13.0. The van der Waals surface area contributed by atoms with Crippen molar-refractivity contribution < 1.29 is 0 Å². The molecule has 0 spiro atoms. The number of hydrogen-bond donors (Lipinski definition) is 2. The maximum atomic E-state index is 5.85. The molecule has 3 N–H and O–H groups in total. The predicted octanol–water partition coefficient (Wildman–Crippen LogP) is 4.67. The van der Waals surface area contributed by atoms with Gasteiger partial charge in [-0.15, -0.1) is 0 Å². The Morgan fingerprint density at radius 3 is 2.33 bits per heavy atom. The zero-order chi connectivity index (χ0) is 15.6. The van der Waals surface area contributed by atoms with Crippen molar-refractivity contribution in [3.05, 3.63) is 59.2 Å².